The van der Waals surface area contributed by atoms with Crippen LogP contribution >= 0.6 is 0 Å². The molecule has 0 bridgehead atoms. The fourth-order valence-corrected chi connectivity index (χ4v) is 2.44. The van der Waals surface area contributed by atoms with Gasteiger partial charge in [-0.2, -0.15) is 0 Å². The first-order valence-corrected chi connectivity index (χ1v) is 6.25. The zero-order valence-corrected chi connectivity index (χ0v) is 9.89. The Morgan fingerprint density at radius 3 is 2.62 bits per heavy atom. The van der Waals surface area contributed by atoms with Gasteiger partial charge in [-0.15, -0.1) is 0 Å². The quantitative estimate of drug-likeness (QED) is 0.594. The Kier molecular flexibility index (Phi) is 4.18. The van der Waals surface area contributed by atoms with Crippen molar-refractivity contribution in [3.63, 3.8) is 0 Å². The van der Waals surface area contributed by atoms with Crippen LogP contribution in [0.5, 0.6) is 0 Å². The molecule has 0 aromatic heterocycles. The van der Waals surface area contributed by atoms with E-state index < -0.39 is 0 Å². The molecule has 0 spiro atoms. The van der Waals surface area contributed by atoms with Crippen LogP contribution < -0.4 is 0 Å². The Bertz CT molecular complexity index is 245. The van der Waals surface area contributed by atoms with Crippen LogP contribution in [-0.4, -0.2) is 35.8 Å². The summed E-state index contributed by atoms with van der Waals surface area (Å²) in [4.78, 5) is 0. The van der Waals surface area contributed by atoms with Gasteiger partial charge in [0.1, 0.15) is 0 Å². The van der Waals surface area contributed by atoms with E-state index in [1.807, 2.05) is 0 Å². The molecule has 1 N–H and O–H groups in total. The van der Waals surface area contributed by atoms with Gasteiger partial charge in [0, 0.05) is 0 Å². The molecule has 4 nitrogen and oxygen atoms in total. The smallest absolute Gasteiger partial charge is 0.0813 e. The second-order valence-corrected chi connectivity index (χ2v) is 4.84. The lowest BCUT2D eigenvalue weighted by atomic mass is 9.96. The molecule has 1 aliphatic heterocycles. The van der Waals surface area contributed by atoms with Crippen LogP contribution in [0.25, 0.3) is 0 Å². The van der Waals surface area contributed by atoms with Gasteiger partial charge in [-0.1, -0.05) is 5.16 Å². The molecular formula is C12H21NO3. The molecule has 2 atom stereocenters. The maximum absolute atomic E-state index is 8.64. The number of rotatable bonds is 3. The Labute approximate surface area is 96.6 Å². The van der Waals surface area contributed by atoms with E-state index in [1.54, 1.807) is 0 Å². The second-order valence-electron chi connectivity index (χ2n) is 4.84. The third-order valence-electron chi connectivity index (χ3n) is 3.49. The predicted octanol–water partition coefficient (Wildman–Crippen LogP) is 2.34. The highest BCUT2D eigenvalue weighted by Gasteiger charge is 2.24. The van der Waals surface area contributed by atoms with E-state index in [9.17, 15) is 0 Å². The summed E-state index contributed by atoms with van der Waals surface area (Å²) in [5.74, 6) is 0. The van der Waals surface area contributed by atoms with Gasteiger partial charge in [0.15, 0.2) is 0 Å². The largest absolute Gasteiger partial charge is 0.411 e. The van der Waals surface area contributed by atoms with Gasteiger partial charge < -0.3 is 14.7 Å². The van der Waals surface area contributed by atoms with Crippen molar-refractivity contribution in [2.24, 2.45) is 5.16 Å². The summed E-state index contributed by atoms with van der Waals surface area (Å²) in [5, 5.41) is 11.9. The van der Waals surface area contributed by atoms with E-state index >= 15 is 0 Å². The zero-order chi connectivity index (χ0) is 11.4. The summed E-state index contributed by atoms with van der Waals surface area (Å²) in [5.41, 5.74) is 0.908. The molecule has 1 aliphatic carbocycles. The Balaban J connectivity index is 1.64. The maximum Gasteiger partial charge on any atom is 0.0813 e. The van der Waals surface area contributed by atoms with Crippen LogP contribution in [0.4, 0.5) is 0 Å². The maximum atomic E-state index is 8.64. The minimum Gasteiger partial charge on any atom is -0.411 e. The lowest BCUT2D eigenvalue weighted by Crippen LogP contribution is -2.26. The molecule has 2 fully saturated rings. The van der Waals surface area contributed by atoms with Crippen molar-refractivity contribution >= 4 is 5.71 Å². The highest BCUT2D eigenvalue weighted by molar-refractivity contribution is 5.84. The minimum absolute atomic E-state index is 0.294. The van der Waals surface area contributed by atoms with Crippen LogP contribution in [0.15, 0.2) is 5.16 Å². The lowest BCUT2D eigenvalue weighted by Gasteiger charge is -2.24. The highest BCUT2D eigenvalue weighted by atomic mass is 16.5. The van der Waals surface area contributed by atoms with Crippen LogP contribution in [0.2, 0.25) is 0 Å². The predicted molar refractivity (Wildman–Crippen MR) is 61.0 cm³/mol. The number of hydrogen-bond donors (Lipinski definition) is 1. The number of nitrogens with zero attached hydrogens (tertiary/aromatic N) is 1. The molecule has 2 rings (SSSR count). The number of oxime groups is 1. The van der Waals surface area contributed by atoms with E-state index in [0.29, 0.717) is 18.3 Å². The van der Waals surface area contributed by atoms with Crippen molar-refractivity contribution in [1.82, 2.24) is 0 Å². The van der Waals surface area contributed by atoms with Crippen molar-refractivity contribution in [2.75, 3.05) is 6.61 Å². The lowest BCUT2D eigenvalue weighted by molar-refractivity contribution is -0.0425. The van der Waals surface area contributed by atoms with Crippen LogP contribution in [0.1, 0.15) is 45.4 Å². The average Bonchev–Trinajstić information content (AvgIpc) is 2.73. The standard InChI is InChI=1S/C12H21NO3/c1-9-2-5-12(16-9)8-15-11-6-3-10(13-14)4-7-11/h9,11-12,14H,2-8H2,1H3. The van der Waals surface area contributed by atoms with Crippen molar-refractivity contribution in [3.05, 3.63) is 0 Å². The Morgan fingerprint density at radius 1 is 1.31 bits per heavy atom. The van der Waals surface area contributed by atoms with Crippen molar-refractivity contribution in [1.29, 1.82) is 0 Å². The normalized spacial score (nSPS) is 35.3. The zero-order valence-electron chi connectivity index (χ0n) is 9.89. The second kappa shape index (κ2) is 5.64. The van der Waals surface area contributed by atoms with E-state index in [0.717, 1.165) is 50.8 Å². The summed E-state index contributed by atoms with van der Waals surface area (Å²) in [6, 6.07) is 0. The molecule has 0 amide bonds. The van der Waals surface area contributed by atoms with E-state index in [4.69, 9.17) is 14.7 Å². The fraction of sp³-hybridized carbons (Fsp3) is 0.917. The first-order valence-electron chi connectivity index (χ1n) is 6.25. The first-order chi connectivity index (χ1) is 7.78. The minimum atomic E-state index is 0.294. The summed E-state index contributed by atoms with van der Waals surface area (Å²) < 4.78 is 11.6. The van der Waals surface area contributed by atoms with Gasteiger partial charge in [-0.05, 0) is 45.4 Å². The molecule has 16 heavy (non-hydrogen) atoms. The van der Waals surface area contributed by atoms with Crippen molar-refractivity contribution in [2.45, 2.75) is 63.8 Å². The van der Waals surface area contributed by atoms with Gasteiger partial charge >= 0.3 is 0 Å². The van der Waals surface area contributed by atoms with Crippen molar-refractivity contribution < 1.29 is 14.7 Å². The summed E-state index contributed by atoms with van der Waals surface area (Å²) >= 11 is 0. The van der Waals surface area contributed by atoms with Gasteiger partial charge in [0.25, 0.3) is 0 Å². The SMILES string of the molecule is CC1CCC(COC2CCC(=NO)CC2)O1. The summed E-state index contributed by atoms with van der Waals surface area (Å²) in [6.45, 7) is 2.84. The highest BCUT2D eigenvalue weighted by Crippen LogP contribution is 2.23. The Hall–Kier alpha value is -0.610. The summed E-state index contributed by atoms with van der Waals surface area (Å²) in [6.07, 6.45) is 6.97. The molecule has 0 radical (unpaired) electrons. The molecule has 1 saturated carbocycles. The van der Waals surface area contributed by atoms with E-state index in [2.05, 4.69) is 12.1 Å². The van der Waals surface area contributed by atoms with Gasteiger partial charge in [0.05, 0.1) is 30.6 Å². The van der Waals surface area contributed by atoms with Gasteiger partial charge in [0.2, 0.25) is 0 Å². The monoisotopic (exact) mass is 227 g/mol. The third kappa shape index (κ3) is 3.19. The fourth-order valence-electron chi connectivity index (χ4n) is 2.44. The van der Waals surface area contributed by atoms with E-state index in [-0.39, 0.29) is 0 Å². The van der Waals surface area contributed by atoms with E-state index in [1.165, 1.54) is 0 Å². The molecule has 4 heteroatoms. The molecule has 2 unspecified atom stereocenters. The first kappa shape index (κ1) is 11.9. The average molecular weight is 227 g/mol. The van der Waals surface area contributed by atoms with Crippen molar-refractivity contribution in [3.8, 4) is 0 Å². The molecule has 2 aliphatic rings. The Morgan fingerprint density at radius 2 is 2.06 bits per heavy atom. The number of ether oxygens (including phenoxy) is 2. The molecular weight excluding hydrogens is 206 g/mol. The third-order valence-corrected chi connectivity index (χ3v) is 3.49. The van der Waals surface area contributed by atoms with Crippen LogP contribution in [0, 0.1) is 0 Å². The molecule has 92 valence electrons. The molecule has 0 aromatic carbocycles. The van der Waals surface area contributed by atoms with Gasteiger partial charge in [-0.3, -0.25) is 0 Å². The molecule has 1 saturated heterocycles. The number of hydrogen-bond acceptors (Lipinski definition) is 4. The molecule has 1 heterocycles. The summed E-state index contributed by atoms with van der Waals surface area (Å²) in [7, 11) is 0. The van der Waals surface area contributed by atoms with Crippen LogP contribution in [-0.2, 0) is 9.47 Å². The van der Waals surface area contributed by atoms with Crippen LogP contribution in [0.3, 0.4) is 0 Å². The topological polar surface area (TPSA) is 51.0 Å². The van der Waals surface area contributed by atoms with Gasteiger partial charge in [-0.25, -0.2) is 0 Å². The molecule has 0 aromatic rings.